The lowest BCUT2D eigenvalue weighted by Crippen LogP contribution is -2.18. The van der Waals surface area contributed by atoms with Gasteiger partial charge in [-0.1, -0.05) is 23.8 Å². The number of nitrogens with zero attached hydrogens (tertiary/aromatic N) is 1. The van der Waals surface area contributed by atoms with Gasteiger partial charge in [0.2, 0.25) is 5.78 Å². The number of aryl methyl sites for hydroxylation is 1. The van der Waals surface area contributed by atoms with Gasteiger partial charge in [-0.05, 0) is 45.4 Å². The average Bonchev–Trinajstić information content (AvgIpc) is 3.06. The van der Waals surface area contributed by atoms with Gasteiger partial charge in [0.1, 0.15) is 0 Å². The first-order chi connectivity index (χ1) is 11.0. The number of ketones is 1. The molecule has 4 nitrogen and oxygen atoms in total. The lowest BCUT2D eigenvalue weighted by Gasteiger charge is -2.12. The first-order valence-electron chi connectivity index (χ1n) is 7.98. The van der Waals surface area contributed by atoms with Gasteiger partial charge < -0.3 is 9.30 Å². The van der Waals surface area contributed by atoms with Crippen molar-refractivity contribution in [2.75, 3.05) is 0 Å². The Kier molecular flexibility index (Phi) is 4.07. The van der Waals surface area contributed by atoms with Crippen LogP contribution in [0.4, 0.5) is 0 Å². The van der Waals surface area contributed by atoms with E-state index in [1.807, 2.05) is 61.7 Å². The molecule has 23 heavy (non-hydrogen) atoms. The molecule has 1 aliphatic rings. The van der Waals surface area contributed by atoms with Crippen LogP contribution in [0.2, 0.25) is 0 Å². The summed E-state index contributed by atoms with van der Waals surface area (Å²) in [6.45, 7) is 6.33. The van der Waals surface area contributed by atoms with Crippen LogP contribution in [0.5, 0.6) is 0 Å². The molecular formula is C19H21NO3. The lowest BCUT2D eigenvalue weighted by atomic mass is 10.0. The van der Waals surface area contributed by atoms with Crippen LogP contribution in [0.3, 0.4) is 0 Å². The molecule has 2 aromatic rings. The van der Waals surface area contributed by atoms with Gasteiger partial charge in [0, 0.05) is 17.8 Å². The van der Waals surface area contributed by atoms with Crippen molar-refractivity contribution in [2.24, 2.45) is 0 Å². The fraction of sp³-hybridized carbons (Fsp3) is 0.368. The maximum atomic E-state index is 12.7. The highest BCUT2D eigenvalue weighted by molar-refractivity contribution is 6.08. The van der Waals surface area contributed by atoms with Gasteiger partial charge in [0.15, 0.2) is 0 Å². The van der Waals surface area contributed by atoms with Crippen LogP contribution in [0, 0.1) is 6.92 Å². The second-order valence-electron chi connectivity index (χ2n) is 6.32. The van der Waals surface area contributed by atoms with Crippen molar-refractivity contribution in [2.45, 2.75) is 45.8 Å². The van der Waals surface area contributed by atoms with E-state index >= 15 is 0 Å². The van der Waals surface area contributed by atoms with E-state index in [-0.39, 0.29) is 23.8 Å². The minimum absolute atomic E-state index is 0.00201. The van der Waals surface area contributed by atoms with Crippen molar-refractivity contribution in [3.05, 3.63) is 58.9 Å². The maximum Gasteiger partial charge on any atom is 0.315 e. The van der Waals surface area contributed by atoms with E-state index in [1.165, 1.54) is 0 Å². The van der Waals surface area contributed by atoms with E-state index in [0.29, 0.717) is 24.2 Å². The Labute approximate surface area is 136 Å². The van der Waals surface area contributed by atoms with Crippen LogP contribution >= 0.6 is 0 Å². The van der Waals surface area contributed by atoms with Gasteiger partial charge in [-0.2, -0.15) is 0 Å². The number of hydrogen-bond donors (Lipinski definition) is 0. The molecule has 1 aromatic heterocycles. The summed E-state index contributed by atoms with van der Waals surface area (Å²) in [4.78, 5) is 24.9. The molecule has 0 aliphatic carbocycles. The van der Waals surface area contributed by atoms with E-state index in [4.69, 9.17) is 4.74 Å². The Morgan fingerprint density at radius 3 is 2.70 bits per heavy atom. The van der Waals surface area contributed by atoms with E-state index in [2.05, 4.69) is 0 Å². The number of esters is 1. The summed E-state index contributed by atoms with van der Waals surface area (Å²) in [6.07, 6.45) is 0.565. The van der Waals surface area contributed by atoms with Crippen LogP contribution in [0.25, 0.3) is 0 Å². The van der Waals surface area contributed by atoms with E-state index in [1.54, 1.807) is 0 Å². The molecular weight excluding hydrogens is 290 g/mol. The molecule has 0 saturated heterocycles. The van der Waals surface area contributed by atoms with Gasteiger partial charge in [-0.15, -0.1) is 0 Å². The van der Waals surface area contributed by atoms with Crippen molar-refractivity contribution in [3.63, 3.8) is 0 Å². The summed E-state index contributed by atoms with van der Waals surface area (Å²) in [7, 11) is 0. The molecule has 1 unspecified atom stereocenters. The molecule has 4 heteroatoms. The predicted octanol–water partition coefficient (Wildman–Crippen LogP) is 3.47. The highest BCUT2D eigenvalue weighted by atomic mass is 16.5. The van der Waals surface area contributed by atoms with Crippen LogP contribution in [0.1, 0.15) is 53.5 Å². The molecule has 0 N–H and O–H groups in total. The molecule has 1 aromatic carbocycles. The largest absolute Gasteiger partial charge is 0.462 e. The zero-order valence-electron chi connectivity index (χ0n) is 13.7. The average molecular weight is 311 g/mol. The Hall–Kier alpha value is -2.36. The quantitative estimate of drug-likeness (QED) is 0.641. The van der Waals surface area contributed by atoms with Crippen LogP contribution in [0.15, 0.2) is 36.4 Å². The second kappa shape index (κ2) is 6.03. The number of ether oxygens (including phenoxy) is 1. The molecule has 3 rings (SSSR count). The smallest absolute Gasteiger partial charge is 0.315 e. The zero-order chi connectivity index (χ0) is 16.6. The molecule has 0 saturated carbocycles. The Balaban J connectivity index is 1.88. The third kappa shape index (κ3) is 2.93. The van der Waals surface area contributed by atoms with Crippen LogP contribution < -0.4 is 0 Å². The third-order valence-electron chi connectivity index (χ3n) is 4.16. The second-order valence-corrected chi connectivity index (χ2v) is 6.32. The number of carbonyl (C=O) groups is 2. The van der Waals surface area contributed by atoms with Crippen molar-refractivity contribution in [1.29, 1.82) is 0 Å². The van der Waals surface area contributed by atoms with Gasteiger partial charge in [-0.25, -0.2) is 0 Å². The maximum absolute atomic E-state index is 12.7. The van der Waals surface area contributed by atoms with E-state index in [0.717, 1.165) is 11.3 Å². The van der Waals surface area contributed by atoms with Crippen molar-refractivity contribution in [3.8, 4) is 0 Å². The first kappa shape index (κ1) is 15.5. The Bertz CT molecular complexity index is 758. The molecule has 120 valence electrons. The standard InChI is InChI=1S/C19H21NO3/c1-12(2)23-19(22)15-9-10-20-16(15)7-8-17(20)18(21)14-6-4-5-13(3)11-14/h4-8,11-12,15H,9-10H2,1-3H3. The minimum atomic E-state index is -0.267. The number of aromatic nitrogens is 1. The van der Waals surface area contributed by atoms with Gasteiger partial charge >= 0.3 is 5.97 Å². The highest BCUT2D eigenvalue weighted by Crippen LogP contribution is 2.32. The summed E-state index contributed by atoms with van der Waals surface area (Å²) in [5, 5.41) is 0. The van der Waals surface area contributed by atoms with Gasteiger partial charge in [0.05, 0.1) is 17.7 Å². The molecule has 1 atom stereocenters. The molecule has 0 radical (unpaired) electrons. The third-order valence-corrected chi connectivity index (χ3v) is 4.16. The summed E-state index contributed by atoms with van der Waals surface area (Å²) in [5.41, 5.74) is 3.26. The summed E-state index contributed by atoms with van der Waals surface area (Å²) in [6, 6.07) is 11.3. The van der Waals surface area contributed by atoms with Gasteiger partial charge in [0.25, 0.3) is 0 Å². The monoisotopic (exact) mass is 311 g/mol. The fourth-order valence-corrected chi connectivity index (χ4v) is 3.13. The Morgan fingerprint density at radius 2 is 2.00 bits per heavy atom. The highest BCUT2D eigenvalue weighted by Gasteiger charge is 2.33. The van der Waals surface area contributed by atoms with E-state index < -0.39 is 0 Å². The molecule has 0 bridgehead atoms. The van der Waals surface area contributed by atoms with Crippen molar-refractivity contribution >= 4 is 11.8 Å². The number of carbonyl (C=O) groups excluding carboxylic acids is 2. The number of fused-ring (bicyclic) bond motifs is 1. The number of benzene rings is 1. The Morgan fingerprint density at radius 1 is 1.22 bits per heavy atom. The summed E-state index contributed by atoms with van der Waals surface area (Å²) < 4.78 is 7.28. The predicted molar refractivity (Wildman–Crippen MR) is 87.6 cm³/mol. The van der Waals surface area contributed by atoms with E-state index in [9.17, 15) is 9.59 Å². The summed E-state index contributed by atoms with van der Waals surface area (Å²) in [5.74, 6) is -0.472. The topological polar surface area (TPSA) is 48.3 Å². The number of hydrogen-bond acceptors (Lipinski definition) is 3. The number of rotatable bonds is 4. The van der Waals surface area contributed by atoms with Crippen molar-refractivity contribution < 1.29 is 14.3 Å². The normalized spacial score (nSPS) is 16.4. The van der Waals surface area contributed by atoms with Gasteiger partial charge in [-0.3, -0.25) is 9.59 Å². The molecule has 2 heterocycles. The first-order valence-corrected chi connectivity index (χ1v) is 7.98. The zero-order valence-corrected chi connectivity index (χ0v) is 13.7. The van der Waals surface area contributed by atoms with Crippen molar-refractivity contribution in [1.82, 2.24) is 4.57 Å². The van der Waals surface area contributed by atoms with Crippen LogP contribution in [-0.2, 0) is 16.1 Å². The van der Waals surface area contributed by atoms with Crippen LogP contribution in [-0.4, -0.2) is 22.4 Å². The lowest BCUT2D eigenvalue weighted by molar-refractivity contribution is -0.149. The SMILES string of the molecule is Cc1cccc(C(=O)c2ccc3n2CCC3C(=O)OC(C)C)c1. The summed E-state index contributed by atoms with van der Waals surface area (Å²) >= 11 is 0. The minimum Gasteiger partial charge on any atom is -0.462 e. The molecule has 0 spiro atoms. The molecule has 0 amide bonds. The molecule has 0 fully saturated rings. The fourth-order valence-electron chi connectivity index (χ4n) is 3.13. The molecule has 1 aliphatic heterocycles.